The highest BCUT2D eigenvalue weighted by Gasteiger charge is 2.25. The Bertz CT molecular complexity index is 165. The molecule has 1 rings (SSSR count). The highest BCUT2D eigenvalue weighted by molar-refractivity contribution is 6.21. The molecular weight excluding hydrogens is 230 g/mol. The number of nitrogens with one attached hydrogen (secondary N) is 1. The van der Waals surface area contributed by atoms with Gasteiger partial charge in [0.15, 0.2) is 0 Å². The molecule has 0 aromatic rings. The van der Waals surface area contributed by atoms with Gasteiger partial charge >= 0.3 is 0 Å². The quantitative estimate of drug-likeness (QED) is 0.465. The van der Waals surface area contributed by atoms with Gasteiger partial charge in [-0.05, 0) is 12.8 Å². The molecule has 0 aromatic heterocycles. The molecule has 0 aromatic carbocycles. The highest BCUT2D eigenvalue weighted by Crippen LogP contribution is 2.24. The average molecular weight is 252 g/mol. The molecule has 96 valence electrons. The van der Waals surface area contributed by atoms with Crippen LogP contribution >= 0.6 is 11.6 Å². The number of ether oxygens (including phenoxy) is 3. The number of rotatable bonds is 10. The van der Waals surface area contributed by atoms with Crippen LogP contribution in [0.15, 0.2) is 0 Å². The molecule has 0 atom stereocenters. The first kappa shape index (κ1) is 14.2. The molecule has 0 bridgehead atoms. The first-order chi connectivity index (χ1) is 7.83. The molecule has 1 aliphatic rings. The van der Waals surface area contributed by atoms with Crippen molar-refractivity contribution < 1.29 is 14.2 Å². The summed E-state index contributed by atoms with van der Waals surface area (Å²) in [6, 6.07) is 0.601. The van der Waals surface area contributed by atoms with Gasteiger partial charge in [0.05, 0.1) is 33.0 Å². The Kier molecular flexibility index (Phi) is 8.15. The average Bonchev–Trinajstić information content (AvgIpc) is 2.24. The summed E-state index contributed by atoms with van der Waals surface area (Å²) in [6.07, 6.45) is 2.17. The van der Waals surface area contributed by atoms with Crippen LogP contribution in [0.1, 0.15) is 12.8 Å². The summed E-state index contributed by atoms with van der Waals surface area (Å²) in [5.74, 6) is 0. The van der Waals surface area contributed by atoms with E-state index in [0.717, 1.165) is 26.0 Å². The van der Waals surface area contributed by atoms with Crippen LogP contribution < -0.4 is 5.32 Å². The fourth-order valence-corrected chi connectivity index (χ4v) is 1.94. The molecule has 0 unspecified atom stereocenters. The molecule has 0 radical (unpaired) electrons. The number of hydrogen-bond donors (Lipinski definition) is 1. The van der Waals surface area contributed by atoms with E-state index in [1.54, 1.807) is 7.11 Å². The Morgan fingerprint density at radius 2 is 1.69 bits per heavy atom. The maximum absolute atomic E-state index is 5.87. The summed E-state index contributed by atoms with van der Waals surface area (Å²) >= 11 is 5.87. The van der Waals surface area contributed by atoms with Crippen molar-refractivity contribution in [1.29, 1.82) is 0 Å². The monoisotopic (exact) mass is 251 g/mol. The van der Waals surface area contributed by atoms with Crippen LogP contribution in [0.5, 0.6) is 0 Å². The van der Waals surface area contributed by atoms with Crippen molar-refractivity contribution in [2.75, 3.05) is 46.7 Å². The second-order valence-electron chi connectivity index (χ2n) is 3.94. The van der Waals surface area contributed by atoms with Crippen LogP contribution in [-0.2, 0) is 14.2 Å². The summed E-state index contributed by atoms with van der Waals surface area (Å²) < 4.78 is 15.5. The maximum Gasteiger partial charge on any atom is 0.0701 e. The predicted molar refractivity (Wildman–Crippen MR) is 64.2 cm³/mol. The van der Waals surface area contributed by atoms with Gasteiger partial charge in [0.1, 0.15) is 0 Å². The van der Waals surface area contributed by atoms with Crippen LogP contribution in [0.4, 0.5) is 0 Å². The summed E-state index contributed by atoms with van der Waals surface area (Å²) in [7, 11) is 1.66. The Morgan fingerprint density at radius 3 is 2.31 bits per heavy atom. The minimum Gasteiger partial charge on any atom is -0.382 e. The van der Waals surface area contributed by atoms with E-state index in [-0.39, 0.29) is 0 Å². The van der Waals surface area contributed by atoms with Crippen LogP contribution in [0.3, 0.4) is 0 Å². The van der Waals surface area contributed by atoms with Gasteiger partial charge in [0.25, 0.3) is 0 Å². The van der Waals surface area contributed by atoms with Crippen LogP contribution in [-0.4, -0.2) is 58.1 Å². The molecule has 1 saturated carbocycles. The Labute approximate surface area is 103 Å². The second kappa shape index (κ2) is 9.19. The van der Waals surface area contributed by atoms with Crippen LogP contribution in [0.25, 0.3) is 0 Å². The lowest BCUT2D eigenvalue weighted by Crippen LogP contribution is -2.43. The van der Waals surface area contributed by atoms with Crippen LogP contribution in [0.2, 0.25) is 0 Å². The van der Waals surface area contributed by atoms with Gasteiger partial charge in [-0.15, -0.1) is 11.6 Å². The van der Waals surface area contributed by atoms with Crippen molar-refractivity contribution in [3.8, 4) is 0 Å². The fraction of sp³-hybridized carbons (Fsp3) is 1.00. The van der Waals surface area contributed by atoms with E-state index in [1.807, 2.05) is 0 Å². The third-order valence-electron chi connectivity index (χ3n) is 2.56. The maximum atomic E-state index is 5.87. The summed E-state index contributed by atoms with van der Waals surface area (Å²) in [5, 5.41) is 3.77. The lowest BCUT2D eigenvalue weighted by molar-refractivity contribution is 0.0248. The zero-order valence-electron chi connectivity index (χ0n) is 9.91. The largest absolute Gasteiger partial charge is 0.382 e. The number of hydrogen-bond acceptors (Lipinski definition) is 4. The normalized spacial score (nSPS) is 24.4. The van der Waals surface area contributed by atoms with E-state index in [9.17, 15) is 0 Å². The van der Waals surface area contributed by atoms with E-state index < -0.39 is 0 Å². The molecule has 1 N–H and O–H groups in total. The van der Waals surface area contributed by atoms with Crippen molar-refractivity contribution in [1.82, 2.24) is 5.32 Å². The fourth-order valence-electron chi connectivity index (χ4n) is 1.51. The lowest BCUT2D eigenvalue weighted by Gasteiger charge is -2.31. The molecule has 0 aliphatic heterocycles. The molecule has 4 nitrogen and oxygen atoms in total. The second-order valence-corrected chi connectivity index (χ2v) is 4.55. The lowest BCUT2D eigenvalue weighted by atomic mass is 9.92. The van der Waals surface area contributed by atoms with Crippen molar-refractivity contribution in [2.45, 2.75) is 24.3 Å². The number of alkyl halides is 1. The third-order valence-corrected chi connectivity index (χ3v) is 2.92. The predicted octanol–water partition coefficient (Wildman–Crippen LogP) is 1.03. The van der Waals surface area contributed by atoms with Gasteiger partial charge in [-0.2, -0.15) is 0 Å². The Morgan fingerprint density at radius 1 is 1.06 bits per heavy atom. The molecule has 0 amide bonds. The van der Waals surface area contributed by atoms with Crippen molar-refractivity contribution in [3.63, 3.8) is 0 Å². The SMILES string of the molecule is COCCOCCOCCNC1CC(Cl)C1. The standard InChI is InChI=1S/C11H22ClNO3/c1-14-4-5-16-7-6-15-3-2-13-11-8-10(12)9-11/h10-11,13H,2-9H2,1H3. The minimum absolute atomic E-state index is 0.382. The molecule has 1 fully saturated rings. The molecule has 1 aliphatic carbocycles. The van der Waals surface area contributed by atoms with Gasteiger partial charge < -0.3 is 19.5 Å². The summed E-state index contributed by atoms with van der Waals surface area (Å²) in [6.45, 7) is 4.19. The molecule has 0 heterocycles. The van der Waals surface area contributed by atoms with E-state index in [1.165, 1.54) is 0 Å². The molecule has 5 heteroatoms. The topological polar surface area (TPSA) is 39.7 Å². The van der Waals surface area contributed by atoms with Crippen molar-refractivity contribution in [2.24, 2.45) is 0 Å². The van der Waals surface area contributed by atoms with Gasteiger partial charge in [-0.3, -0.25) is 0 Å². The zero-order chi connectivity index (χ0) is 11.6. The number of methoxy groups -OCH3 is 1. The van der Waals surface area contributed by atoms with Crippen molar-refractivity contribution >= 4 is 11.6 Å². The molecule has 0 spiro atoms. The summed E-state index contributed by atoms with van der Waals surface area (Å²) in [4.78, 5) is 0. The van der Waals surface area contributed by atoms with Crippen molar-refractivity contribution in [3.05, 3.63) is 0 Å². The highest BCUT2D eigenvalue weighted by atomic mass is 35.5. The van der Waals surface area contributed by atoms with Crippen LogP contribution in [0, 0.1) is 0 Å². The Balaban J connectivity index is 1.68. The van der Waals surface area contributed by atoms with Gasteiger partial charge in [-0.25, -0.2) is 0 Å². The third kappa shape index (κ3) is 6.66. The summed E-state index contributed by atoms with van der Waals surface area (Å²) in [5.41, 5.74) is 0. The van der Waals surface area contributed by atoms with E-state index >= 15 is 0 Å². The zero-order valence-corrected chi connectivity index (χ0v) is 10.7. The van der Waals surface area contributed by atoms with Gasteiger partial charge in [-0.1, -0.05) is 0 Å². The smallest absolute Gasteiger partial charge is 0.0701 e. The number of halogens is 1. The van der Waals surface area contributed by atoms with Gasteiger partial charge in [0, 0.05) is 25.1 Å². The Hall–Kier alpha value is 0.130. The first-order valence-electron chi connectivity index (χ1n) is 5.85. The van der Waals surface area contributed by atoms with E-state index in [4.69, 9.17) is 25.8 Å². The molecule has 0 saturated heterocycles. The molecular formula is C11H22ClNO3. The van der Waals surface area contributed by atoms with E-state index in [0.29, 0.717) is 37.8 Å². The molecule has 16 heavy (non-hydrogen) atoms. The minimum atomic E-state index is 0.382. The van der Waals surface area contributed by atoms with Gasteiger partial charge in [0.2, 0.25) is 0 Å². The van der Waals surface area contributed by atoms with E-state index in [2.05, 4.69) is 5.32 Å². The first-order valence-corrected chi connectivity index (χ1v) is 6.28.